The summed E-state index contributed by atoms with van der Waals surface area (Å²) >= 11 is 0. The Balaban J connectivity index is 2.85. The molecule has 19 heavy (non-hydrogen) atoms. The fraction of sp³-hybridized carbons (Fsp3) is 0.625. The van der Waals surface area contributed by atoms with E-state index in [4.69, 9.17) is 0 Å². The molecule has 0 heterocycles. The lowest BCUT2D eigenvalue weighted by atomic mass is 10.0. The minimum absolute atomic E-state index is 0.214. The van der Waals surface area contributed by atoms with Crippen molar-refractivity contribution in [3.05, 3.63) is 34.9 Å². The van der Waals surface area contributed by atoms with E-state index in [1.807, 2.05) is 0 Å². The molecule has 2 atom stereocenters. The maximum atomic E-state index is 12.0. The average Bonchev–Trinajstić information content (AvgIpc) is 2.33. The summed E-state index contributed by atoms with van der Waals surface area (Å²) in [5.41, 5.74) is 3.83. The Morgan fingerprint density at radius 3 is 2.26 bits per heavy atom. The number of hydrogen-bond donors (Lipinski definition) is 1. The SMILES string of the molecule is CCCNC(CS(=O)CCC)c1cc(C)cc(C)c1. The molecule has 2 unspecified atom stereocenters. The second-order valence-corrected chi connectivity index (χ2v) is 6.86. The van der Waals surface area contributed by atoms with Gasteiger partial charge < -0.3 is 5.32 Å². The van der Waals surface area contributed by atoms with Crippen molar-refractivity contribution in [3.8, 4) is 0 Å². The second-order valence-electron chi connectivity index (χ2n) is 5.24. The van der Waals surface area contributed by atoms with Gasteiger partial charge in [-0.25, -0.2) is 0 Å². The second kappa shape index (κ2) is 8.49. The van der Waals surface area contributed by atoms with Gasteiger partial charge in [-0.05, 0) is 38.8 Å². The van der Waals surface area contributed by atoms with Gasteiger partial charge in [-0.2, -0.15) is 0 Å². The van der Waals surface area contributed by atoms with Crippen LogP contribution in [0, 0.1) is 13.8 Å². The van der Waals surface area contributed by atoms with Crippen LogP contribution in [0.5, 0.6) is 0 Å². The summed E-state index contributed by atoms with van der Waals surface area (Å²) in [7, 11) is -0.730. The van der Waals surface area contributed by atoms with Gasteiger partial charge in [0.05, 0.1) is 0 Å². The molecule has 0 saturated heterocycles. The molecular weight excluding hydrogens is 254 g/mol. The molecule has 2 nitrogen and oxygen atoms in total. The fourth-order valence-electron chi connectivity index (χ4n) is 2.30. The first kappa shape index (κ1) is 16.4. The molecule has 0 amide bonds. The van der Waals surface area contributed by atoms with Crippen LogP contribution in [0.3, 0.4) is 0 Å². The van der Waals surface area contributed by atoms with Gasteiger partial charge in [-0.1, -0.05) is 43.2 Å². The Bertz CT molecular complexity index is 397. The Labute approximate surface area is 120 Å². The largest absolute Gasteiger partial charge is 0.309 e. The maximum Gasteiger partial charge on any atom is 0.0437 e. The predicted octanol–water partition coefficient (Wildman–Crippen LogP) is 3.50. The van der Waals surface area contributed by atoms with Crippen LogP contribution in [0.1, 0.15) is 49.4 Å². The Kier molecular flexibility index (Phi) is 7.32. The van der Waals surface area contributed by atoms with E-state index in [0.717, 1.165) is 30.9 Å². The molecule has 1 aromatic carbocycles. The molecule has 0 radical (unpaired) electrons. The third kappa shape index (κ3) is 5.87. The molecule has 1 aromatic rings. The monoisotopic (exact) mass is 281 g/mol. The van der Waals surface area contributed by atoms with Crippen LogP contribution >= 0.6 is 0 Å². The highest BCUT2D eigenvalue weighted by Gasteiger charge is 2.14. The van der Waals surface area contributed by atoms with Gasteiger partial charge in [0.25, 0.3) is 0 Å². The lowest BCUT2D eigenvalue weighted by Gasteiger charge is -2.19. The van der Waals surface area contributed by atoms with Crippen molar-refractivity contribution in [3.63, 3.8) is 0 Å². The molecule has 0 fully saturated rings. The number of aryl methyl sites for hydroxylation is 2. The van der Waals surface area contributed by atoms with E-state index in [-0.39, 0.29) is 6.04 Å². The molecule has 108 valence electrons. The molecule has 0 aliphatic rings. The normalized spacial score (nSPS) is 14.3. The van der Waals surface area contributed by atoms with Gasteiger partial charge in [0, 0.05) is 28.3 Å². The lowest BCUT2D eigenvalue weighted by molar-refractivity contribution is 0.569. The highest BCUT2D eigenvalue weighted by atomic mass is 32.2. The minimum Gasteiger partial charge on any atom is -0.309 e. The molecule has 3 heteroatoms. The van der Waals surface area contributed by atoms with Crippen molar-refractivity contribution < 1.29 is 4.21 Å². The lowest BCUT2D eigenvalue weighted by Crippen LogP contribution is -2.27. The van der Waals surface area contributed by atoms with Crippen molar-refractivity contribution in [1.29, 1.82) is 0 Å². The molecule has 1 N–H and O–H groups in total. The summed E-state index contributed by atoms with van der Waals surface area (Å²) in [5.74, 6) is 1.52. The third-order valence-electron chi connectivity index (χ3n) is 3.07. The summed E-state index contributed by atoms with van der Waals surface area (Å²) in [5, 5.41) is 3.54. The molecule has 1 rings (SSSR count). The summed E-state index contributed by atoms with van der Waals surface area (Å²) in [6.45, 7) is 9.46. The van der Waals surface area contributed by atoms with Gasteiger partial charge in [0.1, 0.15) is 0 Å². The van der Waals surface area contributed by atoms with E-state index in [1.54, 1.807) is 0 Å². The summed E-state index contributed by atoms with van der Waals surface area (Å²) in [4.78, 5) is 0. The smallest absolute Gasteiger partial charge is 0.0437 e. The van der Waals surface area contributed by atoms with Crippen LogP contribution in [0.15, 0.2) is 18.2 Å². The third-order valence-corrected chi connectivity index (χ3v) is 4.64. The van der Waals surface area contributed by atoms with Gasteiger partial charge >= 0.3 is 0 Å². The van der Waals surface area contributed by atoms with E-state index in [2.05, 4.69) is 51.2 Å². The summed E-state index contributed by atoms with van der Waals surface area (Å²) in [6.07, 6.45) is 2.08. The highest BCUT2D eigenvalue weighted by Crippen LogP contribution is 2.18. The molecule has 0 aliphatic carbocycles. The van der Waals surface area contributed by atoms with Crippen molar-refractivity contribution in [2.45, 2.75) is 46.6 Å². The Morgan fingerprint density at radius 1 is 1.11 bits per heavy atom. The molecule has 0 aliphatic heterocycles. The van der Waals surface area contributed by atoms with Crippen molar-refractivity contribution >= 4 is 10.8 Å². The van der Waals surface area contributed by atoms with Gasteiger partial charge in [-0.3, -0.25) is 4.21 Å². The van der Waals surface area contributed by atoms with Crippen LogP contribution in [0.2, 0.25) is 0 Å². The van der Waals surface area contributed by atoms with Crippen LogP contribution in [0.25, 0.3) is 0 Å². The van der Waals surface area contributed by atoms with Crippen molar-refractivity contribution in [2.24, 2.45) is 0 Å². The fourth-order valence-corrected chi connectivity index (χ4v) is 3.60. The zero-order valence-corrected chi connectivity index (χ0v) is 13.5. The summed E-state index contributed by atoms with van der Waals surface area (Å²) < 4.78 is 12.0. The van der Waals surface area contributed by atoms with Crippen LogP contribution in [0.4, 0.5) is 0 Å². The van der Waals surface area contributed by atoms with Crippen LogP contribution in [-0.2, 0) is 10.8 Å². The Hall–Kier alpha value is -0.670. The molecule has 0 spiro atoms. The van der Waals surface area contributed by atoms with Crippen molar-refractivity contribution in [2.75, 3.05) is 18.1 Å². The topological polar surface area (TPSA) is 29.1 Å². The molecule has 0 aromatic heterocycles. The number of nitrogens with one attached hydrogen (secondary N) is 1. The van der Waals surface area contributed by atoms with E-state index >= 15 is 0 Å². The molecule has 0 saturated carbocycles. The standard InChI is InChI=1S/C16H27NOS/c1-5-7-17-16(12-19(18)8-6-2)15-10-13(3)9-14(4)11-15/h9-11,16-17H,5-8,12H2,1-4H3. The first-order valence-corrected chi connectivity index (χ1v) is 8.72. The summed E-state index contributed by atoms with van der Waals surface area (Å²) in [6, 6.07) is 6.82. The molecule has 0 bridgehead atoms. The zero-order valence-electron chi connectivity index (χ0n) is 12.7. The number of benzene rings is 1. The van der Waals surface area contributed by atoms with Crippen LogP contribution < -0.4 is 5.32 Å². The first-order valence-electron chi connectivity index (χ1n) is 7.23. The highest BCUT2D eigenvalue weighted by molar-refractivity contribution is 7.85. The zero-order chi connectivity index (χ0) is 14.3. The minimum atomic E-state index is -0.730. The van der Waals surface area contributed by atoms with E-state index in [1.165, 1.54) is 16.7 Å². The van der Waals surface area contributed by atoms with Gasteiger partial charge in [0.15, 0.2) is 0 Å². The molecular formula is C16H27NOS. The van der Waals surface area contributed by atoms with E-state index in [9.17, 15) is 4.21 Å². The Morgan fingerprint density at radius 2 is 1.74 bits per heavy atom. The van der Waals surface area contributed by atoms with Gasteiger partial charge in [-0.15, -0.1) is 0 Å². The van der Waals surface area contributed by atoms with Crippen LogP contribution in [-0.4, -0.2) is 22.3 Å². The first-order chi connectivity index (χ1) is 9.06. The van der Waals surface area contributed by atoms with E-state index < -0.39 is 10.8 Å². The maximum absolute atomic E-state index is 12.0. The number of hydrogen-bond acceptors (Lipinski definition) is 2. The predicted molar refractivity (Wildman–Crippen MR) is 85.1 cm³/mol. The van der Waals surface area contributed by atoms with E-state index in [0.29, 0.717) is 0 Å². The van der Waals surface area contributed by atoms with Gasteiger partial charge in [0.2, 0.25) is 0 Å². The number of rotatable bonds is 8. The van der Waals surface area contributed by atoms with Crippen molar-refractivity contribution in [1.82, 2.24) is 5.32 Å². The average molecular weight is 281 g/mol. The quantitative estimate of drug-likeness (QED) is 0.790.